The fourth-order valence-electron chi connectivity index (χ4n) is 1.92. The van der Waals surface area contributed by atoms with Crippen molar-refractivity contribution in [1.29, 1.82) is 0 Å². The highest BCUT2D eigenvalue weighted by Crippen LogP contribution is 2.25. The molecule has 0 aliphatic rings. The second-order valence-corrected chi connectivity index (χ2v) is 5.17. The maximum atomic E-state index is 6.03. The zero-order valence-electron chi connectivity index (χ0n) is 11.0. The van der Waals surface area contributed by atoms with E-state index in [0.29, 0.717) is 0 Å². The first-order valence-electron chi connectivity index (χ1n) is 6.15. The van der Waals surface area contributed by atoms with Crippen molar-refractivity contribution in [2.75, 3.05) is 5.32 Å². The van der Waals surface area contributed by atoms with Gasteiger partial charge in [-0.15, -0.1) is 0 Å². The Kier molecular flexibility index (Phi) is 3.93. The van der Waals surface area contributed by atoms with Crippen LogP contribution >= 0.6 is 11.6 Å². The number of nitrogens with one attached hydrogen (secondary N) is 1. The highest BCUT2D eigenvalue weighted by atomic mass is 35.5. The summed E-state index contributed by atoms with van der Waals surface area (Å²) in [5.74, 6) is 0. The van der Waals surface area contributed by atoms with Gasteiger partial charge in [0, 0.05) is 16.8 Å². The largest absolute Gasteiger partial charge is 0.378 e. The lowest BCUT2D eigenvalue weighted by Gasteiger charge is -2.18. The summed E-state index contributed by atoms with van der Waals surface area (Å²) in [5.41, 5.74) is 4.86. The van der Waals surface area contributed by atoms with Crippen LogP contribution in [0.25, 0.3) is 0 Å². The van der Waals surface area contributed by atoms with Gasteiger partial charge in [0.1, 0.15) is 0 Å². The van der Waals surface area contributed by atoms with Crippen LogP contribution in [0.15, 0.2) is 42.5 Å². The van der Waals surface area contributed by atoms with E-state index in [1.165, 1.54) is 16.7 Å². The Hall–Kier alpha value is -1.47. The molecule has 2 heteroatoms. The molecule has 0 saturated heterocycles. The van der Waals surface area contributed by atoms with Crippen molar-refractivity contribution in [2.24, 2.45) is 0 Å². The zero-order chi connectivity index (χ0) is 13.1. The Labute approximate surface area is 114 Å². The van der Waals surface area contributed by atoms with E-state index in [0.717, 1.165) is 10.7 Å². The summed E-state index contributed by atoms with van der Waals surface area (Å²) in [6.45, 7) is 6.34. The van der Waals surface area contributed by atoms with Crippen LogP contribution in [-0.4, -0.2) is 0 Å². The van der Waals surface area contributed by atoms with E-state index >= 15 is 0 Å². The molecule has 0 aliphatic carbocycles. The summed E-state index contributed by atoms with van der Waals surface area (Å²) >= 11 is 6.03. The molecule has 2 rings (SSSR count). The van der Waals surface area contributed by atoms with Gasteiger partial charge < -0.3 is 5.32 Å². The Morgan fingerprint density at radius 1 is 1.00 bits per heavy atom. The normalized spacial score (nSPS) is 12.2. The molecule has 1 atom stereocenters. The van der Waals surface area contributed by atoms with E-state index in [-0.39, 0.29) is 6.04 Å². The van der Waals surface area contributed by atoms with Gasteiger partial charge in [0.05, 0.1) is 0 Å². The van der Waals surface area contributed by atoms with Gasteiger partial charge in [-0.1, -0.05) is 47.5 Å². The molecule has 1 nitrogen and oxygen atoms in total. The standard InChI is InChI=1S/C16H18ClN/c1-11-4-7-14(8-5-11)13(3)18-16-10-15(17)9-6-12(16)2/h4-10,13,18H,1-3H3. The molecule has 0 radical (unpaired) electrons. The SMILES string of the molecule is Cc1ccc(C(C)Nc2cc(Cl)ccc2C)cc1. The topological polar surface area (TPSA) is 12.0 Å². The van der Waals surface area contributed by atoms with Gasteiger partial charge in [0.25, 0.3) is 0 Å². The lowest BCUT2D eigenvalue weighted by molar-refractivity contribution is 0.882. The highest BCUT2D eigenvalue weighted by molar-refractivity contribution is 6.30. The van der Waals surface area contributed by atoms with Crippen LogP contribution in [0.3, 0.4) is 0 Å². The summed E-state index contributed by atoms with van der Waals surface area (Å²) in [7, 11) is 0. The van der Waals surface area contributed by atoms with Gasteiger partial charge in [0.2, 0.25) is 0 Å². The van der Waals surface area contributed by atoms with Crippen molar-refractivity contribution < 1.29 is 0 Å². The molecule has 0 aliphatic heterocycles. The van der Waals surface area contributed by atoms with Crippen LogP contribution in [0.1, 0.15) is 29.7 Å². The van der Waals surface area contributed by atoms with Crippen molar-refractivity contribution in [1.82, 2.24) is 0 Å². The van der Waals surface area contributed by atoms with Gasteiger partial charge in [-0.2, -0.15) is 0 Å². The molecule has 0 fully saturated rings. The molecule has 0 amide bonds. The van der Waals surface area contributed by atoms with E-state index in [1.807, 2.05) is 18.2 Å². The van der Waals surface area contributed by atoms with Crippen molar-refractivity contribution in [3.05, 3.63) is 64.2 Å². The van der Waals surface area contributed by atoms with Crippen LogP contribution in [0, 0.1) is 13.8 Å². The molecular formula is C16H18ClN. The Morgan fingerprint density at radius 2 is 1.67 bits per heavy atom. The second kappa shape index (κ2) is 5.45. The lowest BCUT2D eigenvalue weighted by atomic mass is 10.1. The van der Waals surface area contributed by atoms with Gasteiger partial charge in [0.15, 0.2) is 0 Å². The van der Waals surface area contributed by atoms with E-state index < -0.39 is 0 Å². The van der Waals surface area contributed by atoms with E-state index in [9.17, 15) is 0 Å². The molecule has 2 aromatic rings. The third kappa shape index (κ3) is 3.05. The molecule has 1 unspecified atom stereocenters. The summed E-state index contributed by atoms with van der Waals surface area (Å²) < 4.78 is 0. The summed E-state index contributed by atoms with van der Waals surface area (Å²) in [4.78, 5) is 0. The first kappa shape index (κ1) is 13.0. The van der Waals surface area contributed by atoms with Gasteiger partial charge in [-0.05, 0) is 44.0 Å². The molecule has 0 spiro atoms. The second-order valence-electron chi connectivity index (χ2n) is 4.74. The quantitative estimate of drug-likeness (QED) is 0.806. The van der Waals surface area contributed by atoms with E-state index in [2.05, 4.69) is 50.4 Å². The van der Waals surface area contributed by atoms with Crippen molar-refractivity contribution >= 4 is 17.3 Å². The smallest absolute Gasteiger partial charge is 0.0485 e. The minimum absolute atomic E-state index is 0.266. The van der Waals surface area contributed by atoms with Gasteiger partial charge >= 0.3 is 0 Å². The maximum absolute atomic E-state index is 6.03. The highest BCUT2D eigenvalue weighted by Gasteiger charge is 2.07. The molecule has 2 aromatic carbocycles. The molecule has 0 heterocycles. The predicted molar refractivity (Wildman–Crippen MR) is 79.4 cm³/mol. The van der Waals surface area contributed by atoms with Crippen molar-refractivity contribution in [2.45, 2.75) is 26.8 Å². The van der Waals surface area contributed by atoms with Crippen molar-refractivity contribution in [3.8, 4) is 0 Å². The number of hydrogen-bond acceptors (Lipinski definition) is 1. The van der Waals surface area contributed by atoms with Gasteiger partial charge in [-0.3, -0.25) is 0 Å². The molecule has 18 heavy (non-hydrogen) atoms. The first-order chi connectivity index (χ1) is 8.56. The van der Waals surface area contributed by atoms with Crippen LogP contribution in [0.5, 0.6) is 0 Å². The minimum atomic E-state index is 0.266. The van der Waals surface area contributed by atoms with Crippen LogP contribution in [0.4, 0.5) is 5.69 Å². The van der Waals surface area contributed by atoms with E-state index in [4.69, 9.17) is 11.6 Å². The third-order valence-corrected chi connectivity index (χ3v) is 3.38. The maximum Gasteiger partial charge on any atom is 0.0485 e. The van der Waals surface area contributed by atoms with Crippen LogP contribution in [-0.2, 0) is 0 Å². The Morgan fingerprint density at radius 3 is 2.33 bits per heavy atom. The Bertz CT molecular complexity index is 531. The fraction of sp³-hybridized carbons (Fsp3) is 0.250. The summed E-state index contributed by atoms with van der Waals surface area (Å²) in [6.07, 6.45) is 0. The average Bonchev–Trinajstić information content (AvgIpc) is 2.34. The molecule has 0 saturated carbocycles. The first-order valence-corrected chi connectivity index (χ1v) is 6.53. The van der Waals surface area contributed by atoms with E-state index in [1.54, 1.807) is 0 Å². The predicted octanol–water partition coefficient (Wildman–Crippen LogP) is 5.13. The van der Waals surface area contributed by atoms with Crippen LogP contribution in [0.2, 0.25) is 5.02 Å². The average molecular weight is 260 g/mol. The number of rotatable bonds is 3. The molecule has 1 N–H and O–H groups in total. The number of hydrogen-bond donors (Lipinski definition) is 1. The lowest BCUT2D eigenvalue weighted by Crippen LogP contribution is -2.07. The number of aryl methyl sites for hydroxylation is 2. The Balaban J connectivity index is 2.18. The van der Waals surface area contributed by atoms with Crippen molar-refractivity contribution in [3.63, 3.8) is 0 Å². The number of halogens is 1. The minimum Gasteiger partial charge on any atom is -0.378 e. The van der Waals surface area contributed by atoms with Gasteiger partial charge in [-0.25, -0.2) is 0 Å². The number of anilines is 1. The molecule has 0 bridgehead atoms. The number of benzene rings is 2. The summed E-state index contributed by atoms with van der Waals surface area (Å²) in [6, 6.07) is 14.8. The molecular weight excluding hydrogens is 242 g/mol. The third-order valence-electron chi connectivity index (χ3n) is 3.15. The monoisotopic (exact) mass is 259 g/mol. The fourth-order valence-corrected chi connectivity index (χ4v) is 2.09. The molecule has 94 valence electrons. The van der Waals surface area contributed by atoms with Crippen LogP contribution < -0.4 is 5.32 Å². The molecule has 0 aromatic heterocycles. The summed E-state index contributed by atoms with van der Waals surface area (Å²) in [5, 5.41) is 4.27. The zero-order valence-corrected chi connectivity index (χ0v) is 11.8.